The molecule has 1 aliphatic rings. The lowest BCUT2D eigenvalue weighted by Gasteiger charge is -2.08. The molecule has 0 heterocycles. The fourth-order valence-corrected chi connectivity index (χ4v) is 1.73. The first-order chi connectivity index (χ1) is 8.66. The van der Waals surface area contributed by atoms with Crippen molar-refractivity contribution < 1.29 is 4.79 Å². The van der Waals surface area contributed by atoms with E-state index in [1.807, 2.05) is 38.1 Å². The molecule has 1 aromatic carbocycles. The molecule has 0 aliphatic heterocycles. The van der Waals surface area contributed by atoms with Crippen molar-refractivity contribution >= 4 is 17.3 Å². The van der Waals surface area contributed by atoms with Gasteiger partial charge in [-0.05, 0) is 44.2 Å². The Bertz CT molecular complexity index is 464. The van der Waals surface area contributed by atoms with Crippen LogP contribution in [0.1, 0.15) is 25.3 Å². The Morgan fingerprint density at radius 2 is 2.11 bits per heavy atom. The van der Waals surface area contributed by atoms with E-state index in [-0.39, 0.29) is 12.5 Å². The summed E-state index contributed by atoms with van der Waals surface area (Å²) >= 11 is 0. The zero-order valence-electron chi connectivity index (χ0n) is 10.9. The van der Waals surface area contributed by atoms with Gasteiger partial charge in [0.1, 0.15) is 0 Å². The van der Waals surface area contributed by atoms with Crippen LogP contribution in [0, 0.1) is 12.8 Å². The van der Waals surface area contributed by atoms with Gasteiger partial charge in [0.2, 0.25) is 0 Å². The molecule has 0 saturated heterocycles. The van der Waals surface area contributed by atoms with E-state index in [0.717, 1.165) is 17.0 Å². The summed E-state index contributed by atoms with van der Waals surface area (Å²) in [5.41, 5.74) is 5.72. The summed E-state index contributed by atoms with van der Waals surface area (Å²) in [5.74, 6) is 0.480. The number of hydrazone groups is 1. The van der Waals surface area contributed by atoms with Crippen molar-refractivity contribution in [2.24, 2.45) is 11.0 Å². The number of hydrogen-bond donors (Lipinski definition) is 2. The predicted molar refractivity (Wildman–Crippen MR) is 73.6 cm³/mol. The molecule has 96 valence electrons. The fourth-order valence-electron chi connectivity index (χ4n) is 1.73. The molecule has 0 unspecified atom stereocenters. The van der Waals surface area contributed by atoms with Gasteiger partial charge < -0.3 is 5.32 Å². The van der Waals surface area contributed by atoms with Gasteiger partial charge in [0.05, 0.1) is 6.54 Å². The molecule has 4 heteroatoms. The third-order valence-electron chi connectivity index (χ3n) is 3.11. The highest BCUT2D eigenvalue weighted by Gasteiger charge is 2.24. The summed E-state index contributed by atoms with van der Waals surface area (Å²) in [6.45, 7) is 4.22. The van der Waals surface area contributed by atoms with Crippen molar-refractivity contribution in [3.05, 3.63) is 29.8 Å². The SMILES string of the molecule is C/C(=N/NC(=O)CNc1ccccc1C)C1CC1. The molecule has 4 nitrogen and oxygen atoms in total. The van der Waals surface area contributed by atoms with Crippen LogP contribution < -0.4 is 10.7 Å². The largest absolute Gasteiger partial charge is 0.376 e. The first kappa shape index (κ1) is 12.6. The maximum absolute atomic E-state index is 11.6. The number of rotatable bonds is 5. The molecule has 0 aromatic heterocycles. The van der Waals surface area contributed by atoms with Gasteiger partial charge in [-0.15, -0.1) is 0 Å². The first-order valence-corrected chi connectivity index (χ1v) is 6.29. The quantitative estimate of drug-likeness (QED) is 0.618. The molecule has 1 saturated carbocycles. The minimum absolute atomic E-state index is 0.113. The highest BCUT2D eigenvalue weighted by atomic mass is 16.2. The van der Waals surface area contributed by atoms with Crippen LogP contribution in [-0.2, 0) is 4.79 Å². The third-order valence-corrected chi connectivity index (χ3v) is 3.11. The van der Waals surface area contributed by atoms with Crippen LogP contribution in [-0.4, -0.2) is 18.2 Å². The summed E-state index contributed by atoms with van der Waals surface area (Å²) in [4.78, 5) is 11.6. The number of anilines is 1. The number of nitrogens with one attached hydrogen (secondary N) is 2. The van der Waals surface area contributed by atoms with Gasteiger partial charge in [-0.25, -0.2) is 5.43 Å². The maximum Gasteiger partial charge on any atom is 0.259 e. The highest BCUT2D eigenvalue weighted by molar-refractivity contribution is 5.88. The number of aryl methyl sites for hydroxylation is 1. The van der Waals surface area contributed by atoms with Gasteiger partial charge in [-0.3, -0.25) is 4.79 Å². The number of benzene rings is 1. The third kappa shape index (κ3) is 3.58. The Hall–Kier alpha value is -1.84. The van der Waals surface area contributed by atoms with Crippen LogP contribution in [0.2, 0.25) is 0 Å². The van der Waals surface area contributed by atoms with Crippen molar-refractivity contribution in [3.63, 3.8) is 0 Å². The number of hydrogen-bond acceptors (Lipinski definition) is 3. The smallest absolute Gasteiger partial charge is 0.259 e. The molecule has 1 aliphatic carbocycles. The van der Waals surface area contributed by atoms with E-state index in [9.17, 15) is 4.79 Å². The molecule has 0 spiro atoms. The molecular formula is C14H19N3O. The van der Waals surface area contributed by atoms with E-state index in [0.29, 0.717) is 5.92 Å². The van der Waals surface area contributed by atoms with Gasteiger partial charge >= 0.3 is 0 Å². The van der Waals surface area contributed by atoms with E-state index >= 15 is 0 Å². The zero-order valence-corrected chi connectivity index (χ0v) is 10.9. The van der Waals surface area contributed by atoms with Crippen molar-refractivity contribution in [2.75, 3.05) is 11.9 Å². The predicted octanol–water partition coefficient (Wildman–Crippen LogP) is 2.31. The van der Waals surface area contributed by atoms with Crippen LogP contribution in [0.5, 0.6) is 0 Å². The molecule has 1 fully saturated rings. The second-order valence-corrected chi connectivity index (χ2v) is 4.73. The second-order valence-electron chi connectivity index (χ2n) is 4.73. The summed E-state index contributed by atoms with van der Waals surface area (Å²) < 4.78 is 0. The summed E-state index contributed by atoms with van der Waals surface area (Å²) in [6, 6.07) is 7.89. The standard InChI is InChI=1S/C14H19N3O/c1-10-5-3-4-6-13(10)15-9-14(18)17-16-11(2)12-7-8-12/h3-6,12,15H,7-9H2,1-2H3,(H,17,18)/b16-11-. The van der Waals surface area contributed by atoms with Gasteiger partial charge in [-0.2, -0.15) is 5.10 Å². The van der Waals surface area contributed by atoms with Gasteiger partial charge in [-0.1, -0.05) is 18.2 Å². The van der Waals surface area contributed by atoms with E-state index < -0.39 is 0 Å². The van der Waals surface area contributed by atoms with Crippen molar-refractivity contribution in [3.8, 4) is 0 Å². The molecule has 2 N–H and O–H groups in total. The van der Waals surface area contributed by atoms with Crippen molar-refractivity contribution in [1.82, 2.24) is 5.43 Å². The molecule has 2 rings (SSSR count). The Balaban J connectivity index is 1.78. The van der Waals surface area contributed by atoms with Crippen molar-refractivity contribution in [1.29, 1.82) is 0 Å². The minimum atomic E-state index is -0.113. The first-order valence-electron chi connectivity index (χ1n) is 6.29. The lowest BCUT2D eigenvalue weighted by molar-refractivity contribution is -0.119. The minimum Gasteiger partial charge on any atom is -0.376 e. The highest BCUT2D eigenvalue weighted by Crippen LogP contribution is 2.30. The lowest BCUT2D eigenvalue weighted by Crippen LogP contribution is -2.27. The summed E-state index contributed by atoms with van der Waals surface area (Å²) in [5, 5.41) is 7.20. The molecule has 18 heavy (non-hydrogen) atoms. The van der Waals surface area contributed by atoms with Crippen molar-refractivity contribution in [2.45, 2.75) is 26.7 Å². The number of carbonyl (C=O) groups is 1. The van der Waals surface area contributed by atoms with E-state index in [2.05, 4.69) is 15.8 Å². The van der Waals surface area contributed by atoms with Gasteiger partial charge in [0.25, 0.3) is 5.91 Å². The van der Waals surface area contributed by atoms with Gasteiger partial charge in [0.15, 0.2) is 0 Å². The van der Waals surface area contributed by atoms with Crippen LogP contribution in [0.15, 0.2) is 29.4 Å². The molecule has 1 amide bonds. The normalized spacial score (nSPS) is 15.3. The van der Waals surface area contributed by atoms with Crippen LogP contribution in [0.3, 0.4) is 0 Å². The average molecular weight is 245 g/mol. The van der Waals surface area contributed by atoms with E-state index in [1.165, 1.54) is 12.8 Å². The molecule has 1 aromatic rings. The van der Waals surface area contributed by atoms with E-state index in [1.54, 1.807) is 0 Å². The molecule has 0 radical (unpaired) electrons. The topological polar surface area (TPSA) is 53.5 Å². The van der Waals surface area contributed by atoms with Crippen LogP contribution in [0.25, 0.3) is 0 Å². The van der Waals surface area contributed by atoms with Gasteiger partial charge in [0, 0.05) is 11.4 Å². The Morgan fingerprint density at radius 3 is 2.78 bits per heavy atom. The monoisotopic (exact) mass is 245 g/mol. The van der Waals surface area contributed by atoms with Crippen LogP contribution in [0.4, 0.5) is 5.69 Å². The lowest BCUT2D eigenvalue weighted by atomic mass is 10.2. The molecule has 0 atom stereocenters. The maximum atomic E-state index is 11.6. The average Bonchev–Trinajstić information content (AvgIpc) is 3.19. The zero-order chi connectivity index (χ0) is 13.0. The fraction of sp³-hybridized carbons (Fsp3) is 0.429. The number of para-hydroxylation sites is 1. The molecular weight excluding hydrogens is 226 g/mol. The Labute approximate surface area is 107 Å². The number of nitrogens with zero attached hydrogens (tertiary/aromatic N) is 1. The summed E-state index contributed by atoms with van der Waals surface area (Å²) in [6.07, 6.45) is 2.40. The molecule has 0 bridgehead atoms. The number of carbonyl (C=O) groups excluding carboxylic acids is 1. The Morgan fingerprint density at radius 1 is 1.39 bits per heavy atom. The second kappa shape index (κ2) is 5.67. The van der Waals surface area contributed by atoms with E-state index in [4.69, 9.17) is 0 Å². The Kier molecular flexibility index (Phi) is 3.97. The summed E-state index contributed by atoms with van der Waals surface area (Å²) in [7, 11) is 0. The van der Waals surface area contributed by atoms with Crippen LogP contribution >= 0.6 is 0 Å². The number of amides is 1.